The number of aromatic amines is 1. The summed E-state index contributed by atoms with van der Waals surface area (Å²) in [6.07, 6.45) is 16.4. The first-order valence-corrected chi connectivity index (χ1v) is 27.7. The lowest BCUT2D eigenvalue weighted by Gasteiger charge is -2.23. The number of carbonyl (C=O) groups excluding carboxylic acids is 2. The van der Waals surface area contributed by atoms with Crippen molar-refractivity contribution in [2.24, 2.45) is 4.99 Å². The predicted octanol–water partition coefficient (Wildman–Crippen LogP) is 11.8. The molecule has 0 radical (unpaired) electrons. The van der Waals surface area contributed by atoms with Crippen LogP contribution in [-0.2, 0) is 27.8 Å². The highest BCUT2D eigenvalue weighted by Gasteiger charge is 2.49. The third-order valence-corrected chi connectivity index (χ3v) is 13.9. The molecule has 1 spiro atoms. The molecular formula is C56H72N8O6S. The number of benzene rings is 4. The summed E-state index contributed by atoms with van der Waals surface area (Å²) in [6, 6.07) is 28.7. The van der Waals surface area contributed by atoms with Gasteiger partial charge in [-0.1, -0.05) is 115 Å². The van der Waals surface area contributed by atoms with Crippen molar-refractivity contribution in [2.45, 2.75) is 136 Å². The number of sulfonamides is 1. The Kier molecular flexibility index (Phi) is 18.7. The number of hydrogen-bond acceptors (Lipinski definition) is 11. The van der Waals surface area contributed by atoms with E-state index in [-0.39, 0.29) is 11.7 Å². The van der Waals surface area contributed by atoms with Crippen LogP contribution >= 0.6 is 0 Å². The molecule has 14 nitrogen and oxygen atoms in total. The number of furan rings is 1. The number of tetrazole rings is 1. The highest BCUT2D eigenvalue weighted by molar-refractivity contribution is 7.92. The van der Waals surface area contributed by atoms with Gasteiger partial charge in [0.15, 0.2) is 5.78 Å². The molecule has 1 fully saturated rings. The zero-order chi connectivity index (χ0) is 50.2. The number of nitrogens with one attached hydrogen (secondary N) is 2. The van der Waals surface area contributed by atoms with Crippen LogP contribution in [0.5, 0.6) is 5.75 Å². The van der Waals surface area contributed by atoms with E-state index in [1.54, 1.807) is 30.3 Å². The molecule has 0 unspecified atom stereocenters. The van der Waals surface area contributed by atoms with Gasteiger partial charge in [-0.3, -0.25) is 24.2 Å². The minimum Gasteiger partial charge on any atom is -0.494 e. The van der Waals surface area contributed by atoms with Gasteiger partial charge in [-0.15, -0.1) is 10.2 Å². The van der Waals surface area contributed by atoms with Crippen LogP contribution in [0.25, 0.3) is 33.5 Å². The molecule has 8 rings (SSSR count). The lowest BCUT2D eigenvalue weighted by molar-refractivity contribution is -0.131. The Balaban J connectivity index is 0.000000212. The summed E-state index contributed by atoms with van der Waals surface area (Å²) in [6.45, 7) is 13.2. The van der Waals surface area contributed by atoms with E-state index in [2.05, 4.69) is 88.3 Å². The van der Waals surface area contributed by atoms with Crippen LogP contribution in [0.2, 0.25) is 0 Å². The maximum atomic E-state index is 13.7. The molecule has 1 aliphatic heterocycles. The predicted molar refractivity (Wildman–Crippen MR) is 283 cm³/mol. The van der Waals surface area contributed by atoms with Crippen molar-refractivity contribution in [3.63, 3.8) is 0 Å². The van der Waals surface area contributed by atoms with Gasteiger partial charge in [-0.25, -0.2) is 8.42 Å². The van der Waals surface area contributed by atoms with Crippen molar-refractivity contribution < 1.29 is 27.2 Å². The first-order chi connectivity index (χ1) is 34.5. The minimum absolute atomic E-state index is 0.148. The van der Waals surface area contributed by atoms with Crippen LogP contribution in [0.4, 0.5) is 5.69 Å². The van der Waals surface area contributed by atoms with Gasteiger partial charge in [0.25, 0.3) is 5.91 Å². The van der Waals surface area contributed by atoms with Crippen molar-refractivity contribution in [1.29, 1.82) is 0 Å². The third kappa shape index (κ3) is 13.8. The van der Waals surface area contributed by atoms with Gasteiger partial charge >= 0.3 is 0 Å². The number of fused-ring (bicyclic) bond motifs is 1. The van der Waals surface area contributed by atoms with Crippen LogP contribution < -0.4 is 9.46 Å². The number of H-pyrrole nitrogens is 1. The number of hydrogen-bond donors (Lipinski definition) is 2. The lowest BCUT2D eigenvalue weighted by atomic mass is 9.97. The van der Waals surface area contributed by atoms with E-state index in [0.29, 0.717) is 58.9 Å². The van der Waals surface area contributed by atoms with E-state index in [9.17, 15) is 18.0 Å². The van der Waals surface area contributed by atoms with Crippen LogP contribution in [0, 0.1) is 0 Å². The number of aromatic nitrogens is 4. The molecule has 1 saturated carbocycles. The van der Waals surface area contributed by atoms with Crippen molar-refractivity contribution in [3.05, 3.63) is 113 Å². The Morgan fingerprint density at radius 1 is 0.817 bits per heavy atom. The van der Waals surface area contributed by atoms with Gasteiger partial charge in [0.05, 0.1) is 25.0 Å². The van der Waals surface area contributed by atoms with E-state index in [1.807, 2.05) is 35.2 Å². The normalized spacial score (nSPS) is 14.3. The smallest absolute Gasteiger partial charge is 0.256 e. The molecule has 2 aliphatic rings. The summed E-state index contributed by atoms with van der Waals surface area (Å²) < 4.78 is 38.0. The van der Waals surface area contributed by atoms with Gasteiger partial charge in [-0.2, -0.15) is 5.21 Å². The van der Waals surface area contributed by atoms with E-state index < -0.39 is 15.6 Å². The number of rotatable bonds is 25. The minimum atomic E-state index is -3.45. The standard InChI is InChI=1S/C31H44N2O5S.C25H28N6O/c1-5-8-12-29-30(27-23-25(32-39(4,35)36)15-18-28(27)38-29)31(34)24-13-16-26(17-14-24)37-22-11-21-33(19-9-6-2)20-10-7-3;1-2-3-10-22-26-25(15-6-7-16-25)24(32)31(22)17-18-11-13-19(14-12-18)20-8-4-5-9-21(20)23-27-29-30-28-23/h13-18,23,32H,5-12,19-22H2,1-4H3;4-5,8-9,11-14H,2-3,6-7,10,15-17H2,1H3,(H,27,28,29,30). The lowest BCUT2D eigenvalue weighted by Crippen LogP contribution is -2.40. The molecule has 1 amide bonds. The monoisotopic (exact) mass is 985 g/mol. The van der Waals surface area contributed by atoms with Gasteiger partial charge < -0.3 is 14.1 Å². The fraction of sp³-hybridized carbons (Fsp3) is 0.464. The maximum Gasteiger partial charge on any atom is 0.256 e. The van der Waals surface area contributed by atoms with E-state index in [4.69, 9.17) is 14.1 Å². The molecule has 378 valence electrons. The number of ketones is 1. The zero-order valence-electron chi connectivity index (χ0n) is 42.3. The maximum absolute atomic E-state index is 13.7. The molecule has 0 atom stereocenters. The highest BCUT2D eigenvalue weighted by atomic mass is 32.2. The highest BCUT2D eigenvalue weighted by Crippen LogP contribution is 2.40. The summed E-state index contributed by atoms with van der Waals surface area (Å²) in [7, 11) is -3.45. The number of nitrogens with zero attached hydrogens (tertiary/aromatic N) is 6. The Morgan fingerprint density at radius 3 is 2.13 bits per heavy atom. The van der Waals surface area contributed by atoms with E-state index in [1.165, 1.54) is 25.7 Å². The topological polar surface area (TPSA) is 176 Å². The van der Waals surface area contributed by atoms with Crippen LogP contribution in [0.15, 0.2) is 100 Å². The first-order valence-electron chi connectivity index (χ1n) is 25.8. The molecule has 6 aromatic rings. The third-order valence-electron chi connectivity index (χ3n) is 13.3. The molecular weight excluding hydrogens is 913 g/mol. The number of ether oxygens (including phenoxy) is 1. The van der Waals surface area contributed by atoms with Crippen molar-refractivity contribution >= 4 is 44.2 Å². The summed E-state index contributed by atoms with van der Waals surface area (Å²) in [5, 5.41) is 15.1. The zero-order valence-corrected chi connectivity index (χ0v) is 43.2. The summed E-state index contributed by atoms with van der Waals surface area (Å²) in [5.74, 6) is 2.97. The second-order valence-electron chi connectivity index (χ2n) is 18.9. The molecule has 0 saturated heterocycles. The number of aryl methyl sites for hydroxylation is 1. The fourth-order valence-electron chi connectivity index (χ4n) is 9.49. The van der Waals surface area contributed by atoms with Gasteiger partial charge in [0.2, 0.25) is 15.8 Å². The molecule has 4 aromatic carbocycles. The van der Waals surface area contributed by atoms with Crippen molar-refractivity contribution in [3.8, 4) is 28.3 Å². The fourth-order valence-corrected chi connectivity index (χ4v) is 10.0. The number of carbonyl (C=O) groups is 2. The molecule has 71 heavy (non-hydrogen) atoms. The second-order valence-corrected chi connectivity index (χ2v) is 20.7. The number of amides is 1. The van der Waals surface area contributed by atoms with Crippen LogP contribution in [0.1, 0.15) is 145 Å². The quantitative estimate of drug-likeness (QED) is 0.0415. The van der Waals surface area contributed by atoms with Gasteiger partial charge in [0.1, 0.15) is 28.5 Å². The van der Waals surface area contributed by atoms with Crippen LogP contribution in [0.3, 0.4) is 0 Å². The van der Waals surface area contributed by atoms with E-state index in [0.717, 1.165) is 124 Å². The average Bonchev–Trinajstić information content (AvgIpc) is 4.20. The summed E-state index contributed by atoms with van der Waals surface area (Å²) in [5.41, 5.74) is 5.68. The molecule has 2 N–H and O–H groups in total. The average molecular weight is 985 g/mol. The van der Waals surface area contributed by atoms with Crippen molar-refractivity contribution in [2.75, 3.05) is 37.2 Å². The molecule has 15 heteroatoms. The first kappa shape index (κ1) is 52.6. The van der Waals surface area contributed by atoms with Crippen LogP contribution in [-0.4, -0.2) is 94.4 Å². The SMILES string of the molecule is CCCCC1=NC2(CCCC2)C(=O)N1Cc1ccc(-c2ccccc2-c2nn[nH]n2)cc1.CCCCc1oc2ccc(NS(C)(=O)=O)cc2c1C(=O)c1ccc(OCCCN(CCCC)CCCC)cc1. The Hall–Kier alpha value is -6.19. The largest absolute Gasteiger partial charge is 0.494 e. The van der Waals surface area contributed by atoms with Gasteiger partial charge in [-0.05, 0) is 122 Å². The Bertz CT molecular complexity index is 2790. The number of amidine groups is 1. The number of aliphatic imine (C=N–C) groups is 1. The number of unbranched alkanes of at least 4 members (excludes halogenated alkanes) is 4. The molecule has 2 aromatic heterocycles. The molecule has 3 heterocycles. The molecule has 0 bridgehead atoms. The van der Waals surface area contributed by atoms with Gasteiger partial charge in [0, 0.05) is 41.6 Å². The second kappa shape index (κ2) is 25.3. The Morgan fingerprint density at radius 2 is 1.48 bits per heavy atom. The van der Waals surface area contributed by atoms with Crippen molar-refractivity contribution in [1.82, 2.24) is 30.4 Å². The summed E-state index contributed by atoms with van der Waals surface area (Å²) >= 11 is 0. The van der Waals surface area contributed by atoms with E-state index >= 15 is 0 Å². The summed E-state index contributed by atoms with van der Waals surface area (Å²) in [4.78, 5) is 36.5. The number of anilines is 1. The molecule has 1 aliphatic carbocycles. The Labute approximate surface area is 420 Å².